The van der Waals surface area contributed by atoms with Crippen LogP contribution in [0.3, 0.4) is 0 Å². The maximum Gasteiger partial charge on any atom is 0.251 e. The molecule has 0 spiro atoms. The Hall–Kier alpha value is -2.37. The zero-order valence-corrected chi connectivity index (χ0v) is 13.5. The quantitative estimate of drug-likeness (QED) is 0.719. The molecule has 2 heterocycles. The first-order valence-electron chi connectivity index (χ1n) is 6.69. The lowest BCUT2D eigenvalue weighted by Crippen LogP contribution is -2.08. The molecule has 116 valence electrons. The molecule has 3 aromatic rings. The Bertz CT molecular complexity index is 908. The van der Waals surface area contributed by atoms with Crippen LogP contribution >= 0.6 is 23.2 Å². The van der Waals surface area contributed by atoms with Crippen LogP contribution in [0.5, 0.6) is 11.6 Å². The zero-order chi connectivity index (χ0) is 16.4. The number of benzene rings is 1. The predicted molar refractivity (Wildman–Crippen MR) is 89.4 cm³/mol. The van der Waals surface area contributed by atoms with Crippen LogP contribution < -0.4 is 10.3 Å². The molecule has 0 aliphatic carbocycles. The molecule has 0 atom stereocenters. The Labute approximate surface area is 141 Å². The van der Waals surface area contributed by atoms with Gasteiger partial charge in [0.2, 0.25) is 5.88 Å². The third-order valence-corrected chi connectivity index (χ3v) is 3.40. The molecule has 3 rings (SSSR count). The summed E-state index contributed by atoms with van der Waals surface area (Å²) in [6.45, 7) is 1.74. The molecule has 0 saturated heterocycles. The molecule has 0 saturated carbocycles. The molecule has 23 heavy (non-hydrogen) atoms. The number of hydrogen-bond acceptors (Lipinski definition) is 4. The Morgan fingerprint density at radius 3 is 2.48 bits per heavy atom. The van der Waals surface area contributed by atoms with Crippen molar-refractivity contribution >= 4 is 23.2 Å². The van der Waals surface area contributed by atoms with Gasteiger partial charge in [0, 0.05) is 28.4 Å². The number of nitrogens with one attached hydrogen (secondary N) is 1. The van der Waals surface area contributed by atoms with Crippen LogP contribution in [0.25, 0.3) is 11.4 Å². The highest BCUT2D eigenvalue weighted by Gasteiger charge is 2.08. The third-order valence-electron chi connectivity index (χ3n) is 2.95. The van der Waals surface area contributed by atoms with Gasteiger partial charge >= 0.3 is 0 Å². The summed E-state index contributed by atoms with van der Waals surface area (Å²) in [6.07, 6.45) is 0. The summed E-state index contributed by atoms with van der Waals surface area (Å²) in [7, 11) is 0. The van der Waals surface area contributed by atoms with Crippen LogP contribution in [-0.4, -0.2) is 15.0 Å². The lowest BCUT2D eigenvalue weighted by atomic mass is 10.2. The minimum atomic E-state index is -0.236. The molecular formula is C16H11Cl2N3O2. The summed E-state index contributed by atoms with van der Waals surface area (Å²) < 4.78 is 5.66. The molecule has 0 radical (unpaired) electrons. The number of halogens is 2. The van der Waals surface area contributed by atoms with Crippen LogP contribution in [-0.2, 0) is 0 Å². The SMILES string of the molecule is Cc1cc(=O)[nH]c(-c2cc(Cl)nc(Oc3ccc(Cl)cc3)c2)n1. The van der Waals surface area contributed by atoms with E-state index in [9.17, 15) is 4.79 Å². The monoisotopic (exact) mass is 347 g/mol. The highest BCUT2D eigenvalue weighted by atomic mass is 35.5. The molecule has 0 amide bonds. The van der Waals surface area contributed by atoms with Gasteiger partial charge in [-0.1, -0.05) is 23.2 Å². The number of H-pyrrole nitrogens is 1. The molecule has 1 aromatic carbocycles. The molecule has 0 unspecified atom stereocenters. The molecule has 2 aromatic heterocycles. The summed E-state index contributed by atoms with van der Waals surface area (Å²) in [6, 6.07) is 11.5. The van der Waals surface area contributed by atoms with Crippen molar-refractivity contribution in [2.75, 3.05) is 0 Å². The van der Waals surface area contributed by atoms with Gasteiger partial charge in [0.05, 0.1) is 0 Å². The largest absolute Gasteiger partial charge is 0.439 e. The fraction of sp³-hybridized carbons (Fsp3) is 0.0625. The minimum Gasteiger partial charge on any atom is -0.439 e. The second-order valence-corrected chi connectivity index (χ2v) is 5.63. The van der Waals surface area contributed by atoms with Gasteiger partial charge in [-0.15, -0.1) is 0 Å². The average Bonchev–Trinajstić information content (AvgIpc) is 2.48. The van der Waals surface area contributed by atoms with Crippen molar-refractivity contribution < 1.29 is 4.74 Å². The fourth-order valence-electron chi connectivity index (χ4n) is 2.00. The van der Waals surface area contributed by atoms with Crippen molar-refractivity contribution in [2.45, 2.75) is 6.92 Å². The van der Waals surface area contributed by atoms with Crippen molar-refractivity contribution in [1.82, 2.24) is 15.0 Å². The van der Waals surface area contributed by atoms with Gasteiger partial charge in [0.1, 0.15) is 16.7 Å². The number of rotatable bonds is 3. The number of pyridine rings is 1. The Kier molecular flexibility index (Phi) is 4.32. The fourth-order valence-corrected chi connectivity index (χ4v) is 2.33. The van der Waals surface area contributed by atoms with Gasteiger partial charge in [-0.05, 0) is 37.3 Å². The van der Waals surface area contributed by atoms with Crippen LogP contribution in [0.2, 0.25) is 10.2 Å². The molecule has 0 bridgehead atoms. The lowest BCUT2D eigenvalue weighted by molar-refractivity contribution is 0.463. The van der Waals surface area contributed by atoms with Gasteiger partial charge in [-0.25, -0.2) is 9.97 Å². The first-order valence-corrected chi connectivity index (χ1v) is 7.44. The summed E-state index contributed by atoms with van der Waals surface area (Å²) >= 11 is 11.9. The second-order valence-electron chi connectivity index (χ2n) is 4.81. The highest BCUT2D eigenvalue weighted by molar-refractivity contribution is 6.30. The van der Waals surface area contributed by atoms with Gasteiger partial charge in [-0.2, -0.15) is 0 Å². The lowest BCUT2D eigenvalue weighted by Gasteiger charge is -2.08. The Balaban J connectivity index is 1.98. The van der Waals surface area contributed by atoms with Gasteiger partial charge in [0.25, 0.3) is 5.56 Å². The molecule has 0 aliphatic heterocycles. The number of nitrogens with zero attached hydrogens (tertiary/aromatic N) is 2. The predicted octanol–water partition coefficient (Wildman–Crippen LogP) is 4.24. The maximum atomic E-state index is 11.6. The van der Waals surface area contributed by atoms with E-state index in [-0.39, 0.29) is 10.7 Å². The third kappa shape index (κ3) is 3.88. The molecule has 0 fully saturated rings. The van der Waals surface area contributed by atoms with Crippen molar-refractivity contribution in [3.05, 3.63) is 68.7 Å². The van der Waals surface area contributed by atoms with Crippen LogP contribution in [0.4, 0.5) is 0 Å². The number of aromatic nitrogens is 3. The summed E-state index contributed by atoms with van der Waals surface area (Å²) in [5.41, 5.74) is 0.979. The standard InChI is InChI=1S/C16H11Cl2N3O2/c1-9-6-14(22)21-16(19-9)10-7-13(18)20-15(8-10)23-12-4-2-11(17)3-5-12/h2-8H,1H3,(H,19,21,22). The van der Waals surface area contributed by atoms with Gasteiger partial charge in [0.15, 0.2) is 0 Å². The minimum absolute atomic E-state index is 0.232. The smallest absolute Gasteiger partial charge is 0.251 e. The topological polar surface area (TPSA) is 67.9 Å². The van der Waals surface area contributed by atoms with Crippen LogP contribution in [0.15, 0.2) is 47.3 Å². The second kappa shape index (κ2) is 6.40. The highest BCUT2D eigenvalue weighted by Crippen LogP contribution is 2.27. The first-order chi connectivity index (χ1) is 11.0. The van der Waals surface area contributed by atoms with Crippen LogP contribution in [0, 0.1) is 6.92 Å². The Morgan fingerprint density at radius 2 is 1.78 bits per heavy atom. The molecule has 5 nitrogen and oxygen atoms in total. The number of hydrogen-bond donors (Lipinski definition) is 1. The number of aromatic amines is 1. The molecule has 7 heteroatoms. The normalized spacial score (nSPS) is 10.6. The van der Waals surface area contributed by atoms with E-state index in [0.717, 1.165) is 0 Å². The van der Waals surface area contributed by atoms with Gasteiger partial charge < -0.3 is 9.72 Å². The summed E-state index contributed by atoms with van der Waals surface area (Å²) in [5, 5.41) is 0.842. The van der Waals surface area contributed by atoms with E-state index < -0.39 is 0 Å². The molecular weight excluding hydrogens is 337 g/mol. The zero-order valence-electron chi connectivity index (χ0n) is 12.0. The average molecular weight is 348 g/mol. The van der Waals surface area contributed by atoms with Gasteiger partial charge in [-0.3, -0.25) is 4.79 Å². The van der Waals surface area contributed by atoms with E-state index in [1.165, 1.54) is 6.07 Å². The van der Waals surface area contributed by atoms with Crippen molar-refractivity contribution in [3.63, 3.8) is 0 Å². The van der Waals surface area contributed by atoms with E-state index >= 15 is 0 Å². The molecule has 1 N–H and O–H groups in total. The van der Waals surface area contributed by atoms with Crippen molar-refractivity contribution in [3.8, 4) is 23.0 Å². The first kappa shape index (κ1) is 15.5. The van der Waals surface area contributed by atoms with Crippen LogP contribution in [0.1, 0.15) is 5.69 Å². The van der Waals surface area contributed by atoms with E-state index in [1.54, 1.807) is 43.3 Å². The van der Waals surface area contributed by atoms with Crippen molar-refractivity contribution in [1.29, 1.82) is 0 Å². The molecule has 0 aliphatic rings. The summed E-state index contributed by atoms with van der Waals surface area (Å²) in [4.78, 5) is 22.7. The van der Waals surface area contributed by atoms with E-state index in [0.29, 0.717) is 33.7 Å². The summed E-state index contributed by atoms with van der Waals surface area (Å²) in [5.74, 6) is 1.26. The van der Waals surface area contributed by atoms with E-state index in [4.69, 9.17) is 27.9 Å². The van der Waals surface area contributed by atoms with Crippen molar-refractivity contribution in [2.24, 2.45) is 0 Å². The Morgan fingerprint density at radius 1 is 1.04 bits per heavy atom. The van der Waals surface area contributed by atoms with E-state index in [1.807, 2.05) is 0 Å². The maximum absolute atomic E-state index is 11.6. The van der Waals surface area contributed by atoms with E-state index in [2.05, 4.69) is 15.0 Å². The number of aryl methyl sites for hydroxylation is 1. The number of ether oxygens (including phenoxy) is 1.